The van der Waals surface area contributed by atoms with Crippen LogP contribution in [0.3, 0.4) is 0 Å². The molecule has 0 unspecified atom stereocenters. The van der Waals surface area contributed by atoms with Gasteiger partial charge in [-0.15, -0.1) is 0 Å². The number of hydrogen-bond donors (Lipinski definition) is 2. The molecule has 1 aromatic rings. The van der Waals surface area contributed by atoms with Crippen molar-refractivity contribution in [3.8, 4) is 0 Å². The van der Waals surface area contributed by atoms with E-state index in [1.54, 1.807) is 7.05 Å². The molecule has 0 saturated heterocycles. The lowest BCUT2D eigenvalue weighted by Gasteiger charge is -2.28. The molecule has 2 N–H and O–H groups in total. The molecule has 1 aromatic carbocycles. The first-order valence-electron chi connectivity index (χ1n) is 7.62. The van der Waals surface area contributed by atoms with Gasteiger partial charge in [0.1, 0.15) is 0 Å². The SMILES string of the molecule is CN=C(NCCN1CCc2ccccc2C1=O)NC1CC1. The van der Waals surface area contributed by atoms with E-state index < -0.39 is 0 Å². The largest absolute Gasteiger partial charge is 0.355 e. The highest BCUT2D eigenvalue weighted by atomic mass is 16.2. The van der Waals surface area contributed by atoms with Crippen LogP contribution in [0, 0.1) is 0 Å². The summed E-state index contributed by atoms with van der Waals surface area (Å²) in [6.07, 6.45) is 3.39. The predicted molar refractivity (Wildman–Crippen MR) is 83.6 cm³/mol. The quantitative estimate of drug-likeness (QED) is 0.641. The Morgan fingerprint density at radius 2 is 2.19 bits per heavy atom. The van der Waals surface area contributed by atoms with Gasteiger partial charge in [0, 0.05) is 38.3 Å². The third-order valence-corrected chi connectivity index (χ3v) is 4.00. The molecule has 0 spiro atoms. The summed E-state index contributed by atoms with van der Waals surface area (Å²) in [7, 11) is 1.78. The topological polar surface area (TPSA) is 56.7 Å². The Labute approximate surface area is 125 Å². The number of amides is 1. The highest BCUT2D eigenvalue weighted by Crippen LogP contribution is 2.19. The number of hydrogen-bond acceptors (Lipinski definition) is 2. The number of rotatable bonds is 4. The van der Waals surface area contributed by atoms with Crippen LogP contribution in [0.1, 0.15) is 28.8 Å². The summed E-state index contributed by atoms with van der Waals surface area (Å²) < 4.78 is 0. The van der Waals surface area contributed by atoms with Gasteiger partial charge in [-0.05, 0) is 30.9 Å². The molecule has 0 bridgehead atoms. The first kappa shape index (κ1) is 13.9. The van der Waals surface area contributed by atoms with E-state index in [9.17, 15) is 4.79 Å². The van der Waals surface area contributed by atoms with Gasteiger partial charge in [0.15, 0.2) is 5.96 Å². The summed E-state index contributed by atoms with van der Waals surface area (Å²) in [6, 6.07) is 8.48. The van der Waals surface area contributed by atoms with Gasteiger partial charge in [0.05, 0.1) is 0 Å². The van der Waals surface area contributed by atoms with Gasteiger partial charge in [-0.1, -0.05) is 18.2 Å². The maximum absolute atomic E-state index is 12.4. The predicted octanol–water partition coefficient (Wildman–Crippen LogP) is 1.01. The Morgan fingerprint density at radius 3 is 2.95 bits per heavy atom. The van der Waals surface area contributed by atoms with Gasteiger partial charge in [-0.3, -0.25) is 9.79 Å². The van der Waals surface area contributed by atoms with E-state index >= 15 is 0 Å². The molecule has 1 fully saturated rings. The van der Waals surface area contributed by atoms with Gasteiger partial charge < -0.3 is 15.5 Å². The minimum absolute atomic E-state index is 0.142. The normalized spacial score (nSPS) is 18.4. The summed E-state index contributed by atoms with van der Waals surface area (Å²) >= 11 is 0. The number of carbonyl (C=O) groups is 1. The fraction of sp³-hybridized carbons (Fsp3) is 0.500. The number of aliphatic imine (C=N–C) groups is 1. The van der Waals surface area contributed by atoms with E-state index in [2.05, 4.69) is 15.6 Å². The van der Waals surface area contributed by atoms with Crippen molar-refractivity contribution in [1.82, 2.24) is 15.5 Å². The van der Waals surface area contributed by atoms with Crippen LogP contribution >= 0.6 is 0 Å². The van der Waals surface area contributed by atoms with Crippen molar-refractivity contribution in [3.63, 3.8) is 0 Å². The Balaban J connectivity index is 1.51. The standard InChI is InChI=1S/C16H22N4O/c1-17-16(19-13-6-7-13)18-9-11-20-10-8-12-4-2-3-5-14(12)15(20)21/h2-5,13H,6-11H2,1H3,(H2,17,18,19). The van der Waals surface area contributed by atoms with Crippen LogP contribution in [0.25, 0.3) is 0 Å². The lowest BCUT2D eigenvalue weighted by Crippen LogP contribution is -2.45. The number of benzene rings is 1. The van der Waals surface area contributed by atoms with Crippen LogP contribution in [0.4, 0.5) is 0 Å². The molecule has 0 radical (unpaired) electrons. The smallest absolute Gasteiger partial charge is 0.254 e. The highest BCUT2D eigenvalue weighted by molar-refractivity contribution is 5.96. The van der Waals surface area contributed by atoms with Gasteiger partial charge in [-0.2, -0.15) is 0 Å². The summed E-state index contributed by atoms with van der Waals surface area (Å²) in [5.41, 5.74) is 2.02. The molecule has 0 aromatic heterocycles. The van der Waals surface area contributed by atoms with Crippen molar-refractivity contribution in [2.75, 3.05) is 26.7 Å². The minimum atomic E-state index is 0.142. The van der Waals surface area contributed by atoms with Gasteiger partial charge in [-0.25, -0.2) is 0 Å². The van der Waals surface area contributed by atoms with Gasteiger partial charge in [0.2, 0.25) is 0 Å². The van der Waals surface area contributed by atoms with E-state index in [0.29, 0.717) is 12.6 Å². The maximum Gasteiger partial charge on any atom is 0.254 e. The van der Waals surface area contributed by atoms with Crippen LogP contribution in [0.2, 0.25) is 0 Å². The summed E-state index contributed by atoms with van der Waals surface area (Å²) in [5.74, 6) is 0.978. The molecule has 1 heterocycles. The van der Waals surface area contributed by atoms with Crippen LogP contribution in [-0.4, -0.2) is 49.5 Å². The summed E-state index contributed by atoms with van der Waals surface area (Å²) in [5, 5.41) is 6.62. The molecule has 21 heavy (non-hydrogen) atoms. The fourth-order valence-electron chi connectivity index (χ4n) is 2.61. The van der Waals surface area contributed by atoms with Crippen molar-refractivity contribution in [1.29, 1.82) is 0 Å². The number of carbonyl (C=O) groups excluding carboxylic acids is 1. The fourth-order valence-corrected chi connectivity index (χ4v) is 2.61. The molecular weight excluding hydrogens is 264 g/mol. The molecule has 0 atom stereocenters. The second-order valence-corrected chi connectivity index (χ2v) is 5.62. The summed E-state index contributed by atoms with van der Waals surface area (Å²) in [4.78, 5) is 18.5. The van der Waals surface area contributed by atoms with Gasteiger partial charge >= 0.3 is 0 Å². The molecule has 1 aliphatic heterocycles. The second kappa shape index (κ2) is 6.16. The average molecular weight is 286 g/mol. The lowest BCUT2D eigenvalue weighted by molar-refractivity contribution is 0.0743. The van der Waals surface area contributed by atoms with Crippen molar-refractivity contribution in [3.05, 3.63) is 35.4 Å². The van der Waals surface area contributed by atoms with E-state index in [0.717, 1.165) is 36.6 Å². The average Bonchev–Trinajstić information content (AvgIpc) is 3.33. The zero-order valence-corrected chi connectivity index (χ0v) is 12.4. The maximum atomic E-state index is 12.4. The Morgan fingerprint density at radius 1 is 1.38 bits per heavy atom. The Kier molecular flexibility index (Phi) is 4.08. The molecule has 1 saturated carbocycles. The van der Waals surface area contributed by atoms with E-state index in [1.165, 1.54) is 12.8 Å². The molecule has 2 aliphatic rings. The molecule has 5 heteroatoms. The van der Waals surface area contributed by atoms with E-state index in [4.69, 9.17) is 0 Å². The molecule has 1 amide bonds. The summed E-state index contributed by atoms with van der Waals surface area (Å²) in [6.45, 7) is 2.23. The monoisotopic (exact) mass is 286 g/mol. The number of nitrogens with zero attached hydrogens (tertiary/aromatic N) is 2. The molecule has 5 nitrogen and oxygen atoms in total. The van der Waals surface area contributed by atoms with Crippen LogP contribution in [0.5, 0.6) is 0 Å². The van der Waals surface area contributed by atoms with Gasteiger partial charge in [0.25, 0.3) is 5.91 Å². The third-order valence-electron chi connectivity index (χ3n) is 4.00. The zero-order chi connectivity index (χ0) is 14.7. The second-order valence-electron chi connectivity index (χ2n) is 5.62. The van der Waals surface area contributed by atoms with E-state index in [-0.39, 0.29) is 5.91 Å². The molecular formula is C16H22N4O. The van der Waals surface area contributed by atoms with Crippen LogP contribution < -0.4 is 10.6 Å². The van der Waals surface area contributed by atoms with Crippen molar-refractivity contribution in [2.45, 2.75) is 25.3 Å². The van der Waals surface area contributed by atoms with Crippen LogP contribution in [0.15, 0.2) is 29.3 Å². The van der Waals surface area contributed by atoms with E-state index in [1.807, 2.05) is 29.2 Å². The Hall–Kier alpha value is -2.04. The van der Waals surface area contributed by atoms with Crippen LogP contribution in [-0.2, 0) is 6.42 Å². The van der Waals surface area contributed by atoms with Crippen molar-refractivity contribution < 1.29 is 4.79 Å². The highest BCUT2D eigenvalue weighted by Gasteiger charge is 2.24. The van der Waals surface area contributed by atoms with Crippen molar-refractivity contribution >= 4 is 11.9 Å². The first-order valence-corrected chi connectivity index (χ1v) is 7.62. The minimum Gasteiger partial charge on any atom is -0.355 e. The molecule has 3 rings (SSSR count). The van der Waals surface area contributed by atoms with Crippen molar-refractivity contribution in [2.24, 2.45) is 4.99 Å². The first-order chi connectivity index (χ1) is 10.3. The molecule has 1 aliphatic carbocycles. The Bertz CT molecular complexity index is 551. The number of guanidine groups is 1. The number of fused-ring (bicyclic) bond motifs is 1. The third kappa shape index (κ3) is 3.35. The lowest BCUT2D eigenvalue weighted by atomic mass is 9.99. The zero-order valence-electron chi connectivity index (χ0n) is 12.4. The molecule has 112 valence electrons. The number of nitrogens with one attached hydrogen (secondary N) is 2.